The SMILES string of the molecule is COc1ccc(C2CC(c3ccc(Br)cc3)=NN2C(=O)CSc2nnc3[nH]c(=O)cc(C(C)C)n23)cc1. The van der Waals surface area contributed by atoms with E-state index in [2.05, 4.69) is 31.1 Å². The number of halogens is 1. The van der Waals surface area contributed by atoms with Crippen molar-refractivity contribution in [3.8, 4) is 5.75 Å². The molecule has 1 N–H and O–H groups in total. The highest BCUT2D eigenvalue weighted by Crippen LogP contribution is 2.35. The summed E-state index contributed by atoms with van der Waals surface area (Å²) in [6.07, 6.45) is 0.594. The van der Waals surface area contributed by atoms with E-state index >= 15 is 0 Å². The summed E-state index contributed by atoms with van der Waals surface area (Å²) in [5, 5.41) is 15.2. The Bertz CT molecular complexity index is 1530. The smallest absolute Gasteiger partial charge is 0.253 e. The lowest BCUT2D eigenvalue weighted by molar-refractivity contribution is -0.130. The van der Waals surface area contributed by atoms with E-state index in [9.17, 15) is 9.59 Å². The van der Waals surface area contributed by atoms with Crippen LogP contribution in [-0.2, 0) is 4.79 Å². The summed E-state index contributed by atoms with van der Waals surface area (Å²) < 4.78 is 8.08. The van der Waals surface area contributed by atoms with Crippen LogP contribution in [-0.4, -0.2) is 49.1 Å². The number of methoxy groups -OCH3 is 1. The van der Waals surface area contributed by atoms with Gasteiger partial charge in [-0.2, -0.15) is 5.10 Å². The molecule has 2 aromatic carbocycles. The van der Waals surface area contributed by atoms with E-state index in [4.69, 9.17) is 9.84 Å². The van der Waals surface area contributed by atoms with E-state index in [-0.39, 0.29) is 29.2 Å². The van der Waals surface area contributed by atoms with Gasteiger partial charge in [-0.1, -0.05) is 65.8 Å². The number of fused-ring (bicyclic) bond motifs is 1. The normalized spacial score (nSPS) is 15.4. The first kappa shape index (κ1) is 25.2. The Balaban J connectivity index is 1.43. The minimum atomic E-state index is -0.240. The highest BCUT2D eigenvalue weighted by Gasteiger charge is 2.33. The molecule has 2 aromatic heterocycles. The number of hydrazone groups is 1. The van der Waals surface area contributed by atoms with Gasteiger partial charge in [-0.05, 0) is 41.3 Å². The monoisotopic (exact) mass is 580 g/mol. The summed E-state index contributed by atoms with van der Waals surface area (Å²) >= 11 is 4.75. The second kappa shape index (κ2) is 10.5. The summed E-state index contributed by atoms with van der Waals surface area (Å²) in [6.45, 7) is 3.99. The summed E-state index contributed by atoms with van der Waals surface area (Å²) in [7, 11) is 1.63. The minimum Gasteiger partial charge on any atom is -0.497 e. The number of carbonyl (C=O) groups excluding carboxylic acids is 1. The van der Waals surface area contributed by atoms with Crippen LogP contribution in [0.15, 0.2) is 74.1 Å². The third-order valence-corrected chi connectivity index (χ3v) is 7.61. The van der Waals surface area contributed by atoms with Crippen LogP contribution in [0, 0.1) is 0 Å². The molecule has 190 valence electrons. The molecule has 0 radical (unpaired) electrons. The lowest BCUT2D eigenvalue weighted by Crippen LogP contribution is -2.28. The van der Waals surface area contributed by atoms with Gasteiger partial charge in [0, 0.05) is 22.7 Å². The van der Waals surface area contributed by atoms with Gasteiger partial charge >= 0.3 is 0 Å². The van der Waals surface area contributed by atoms with Crippen LogP contribution in [0.3, 0.4) is 0 Å². The summed E-state index contributed by atoms with van der Waals surface area (Å²) in [4.78, 5) is 28.2. The standard InChI is InChI=1S/C26H25BrN6O3S/c1-15(2)21-13-23(34)28-25-29-30-26(32(21)25)37-14-24(35)33-22(17-6-10-19(36-3)11-7-17)12-20(31-33)16-4-8-18(27)9-5-16/h4-11,13,15,22H,12,14H2,1-3H3,(H,28,29,34). The van der Waals surface area contributed by atoms with Crippen molar-refractivity contribution in [1.29, 1.82) is 0 Å². The van der Waals surface area contributed by atoms with Gasteiger partial charge in [0.15, 0.2) is 5.16 Å². The molecule has 4 aromatic rings. The van der Waals surface area contributed by atoms with E-state index < -0.39 is 0 Å². The Morgan fingerprint density at radius 3 is 2.57 bits per heavy atom. The number of benzene rings is 2. The molecule has 1 atom stereocenters. The van der Waals surface area contributed by atoms with E-state index in [0.717, 1.165) is 32.8 Å². The van der Waals surface area contributed by atoms with Crippen molar-refractivity contribution < 1.29 is 9.53 Å². The number of rotatable bonds is 7. The van der Waals surface area contributed by atoms with Crippen molar-refractivity contribution in [1.82, 2.24) is 24.6 Å². The number of nitrogens with zero attached hydrogens (tertiary/aromatic N) is 5. The first-order valence-corrected chi connectivity index (χ1v) is 13.5. The third-order valence-electron chi connectivity index (χ3n) is 6.17. The van der Waals surface area contributed by atoms with Crippen molar-refractivity contribution in [2.24, 2.45) is 5.10 Å². The quantitative estimate of drug-likeness (QED) is 0.315. The molecule has 0 bridgehead atoms. The molecule has 9 nitrogen and oxygen atoms in total. The largest absolute Gasteiger partial charge is 0.497 e. The molecule has 37 heavy (non-hydrogen) atoms. The predicted molar refractivity (Wildman–Crippen MR) is 146 cm³/mol. The molecule has 1 aliphatic rings. The molecule has 0 saturated heterocycles. The van der Waals surface area contributed by atoms with Gasteiger partial charge in [0.2, 0.25) is 5.78 Å². The molecule has 0 fully saturated rings. The Hall–Kier alpha value is -3.44. The van der Waals surface area contributed by atoms with Gasteiger partial charge in [0.25, 0.3) is 11.5 Å². The lowest BCUT2D eigenvalue weighted by atomic mass is 9.98. The Labute approximate surface area is 226 Å². The molecule has 1 amide bonds. The highest BCUT2D eigenvalue weighted by molar-refractivity contribution is 9.10. The number of carbonyl (C=O) groups is 1. The third kappa shape index (κ3) is 5.19. The first-order valence-electron chi connectivity index (χ1n) is 11.7. The fraction of sp³-hybridized carbons (Fsp3) is 0.269. The highest BCUT2D eigenvalue weighted by atomic mass is 79.9. The second-order valence-corrected chi connectivity index (χ2v) is 10.8. The molecular weight excluding hydrogens is 556 g/mol. The lowest BCUT2D eigenvalue weighted by Gasteiger charge is -2.22. The van der Waals surface area contributed by atoms with Crippen LogP contribution in [0.25, 0.3) is 5.78 Å². The number of nitrogens with one attached hydrogen (secondary N) is 1. The molecule has 1 aliphatic heterocycles. The minimum absolute atomic E-state index is 0.0759. The number of ether oxygens (including phenoxy) is 1. The topological polar surface area (TPSA) is 105 Å². The van der Waals surface area contributed by atoms with Crippen molar-refractivity contribution in [3.63, 3.8) is 0 Å². The number of hydrogen-bond donors (Lipinski definition) is 1. The molecule has 3 heterocycles. The van der Waals surface area contributed by atoms with Crippen molar-refractivity contribution in [2.45, 2.75) is 37.4 Å². The molecule has 5 rings (SSSR count). The van der Waals surface area contributed by atoms with Crippen molar-refractivity contribution in [3.05, 3.63) is 86.2 Å². The number of H-pyrrole nitrogens is 1. The molecular formula is C26H25BrN6O3S. The van der Waals surface area contributed by atoms with Crippen LogP contribution in [0.5, 0.6) is 5.75 Å². The van der Waals surface area contributed by atoms with Gasteiger partial charge in [-0.3, -0.25) is 19.0 Å². The van der Waals surface area contributed by atoms with Crippen LogP contribution in [0.4, 0.5) is 0 Å². The zero-order chi connectivity index (χ0) is 26.1. The van der Waals surface area contributed by atoms with E-state index in [1.165, 1.54) is 11.8 Å². The van der Waals surface area contributed by atoms with E-state index in [1.54, 1.807) is 22.6 Å². The predicted octanol–water partition coefficient (Wildman–Crippen LogP) is 4.78. The Morgan fingerprint density at radius 2 is 1.89 bits per heavy atom. The average Bonchev–Trinajstić information content (AvgIpc) is 3.52. The molecule has 1 unspecified atom stereocenters. The Morgan fingerprint density at radius 1 is 1.16 bits per heavy atom. The van der Waals surface area contributed by atoms with Gasteiger partial charge in [0.05, 0.1) is 24.6 Å². The second-order valence-electron chi connectivity index (χ2n) is 8.93. The summed E-state index contributed by atoms with van der Waals surface area (Å²) in [6, 6.07) is 16.9. The number of amides is 1. The maximum Gasteiger partial charge on any atom is 0.253 e. The maximum absolute atomic E-state index is 13.5. The fourth-order valence-electron chi connectivity index (χ4n) is 4.28. The van der Waals surface area contributed by atoms with E-state index in [1.807, 2.05) is 62.4 Å². The molecule has 0 aliphatic carbocycles. The van der Waals surface area contributed by atoms with Crippen LogP contribution < -0.4 is 10.3 Å². The van der Waals surface area contributed by atoms with E-state index in [0.29, 0.717) is 17.4 Å². The van der Waals surface area contributed by atoms with Gasteiger partial charge in [-0.15, -0.1) is 10.2 Å². The summed E-state index contributed by atoms with van der Waals surface area (Å²) in [5.74, 6) is 1.15. The number of hydrogen-bond acceptors (Lipinski definition) is 7. The zero-order valence-electron chi connectivity index (χ0n) is 20.5. The Kier molecular flexibility index (Phi) is 7.16. The van der Waals surface area contributed by atoms with Crippen LogP contribution >= 0.6 is 27.7 Å². The fourth-order valence-corrected chi connectivity index (χ4v) is 5.35. The van der Waals surface area contributed by atoms with Crippen molar-refractivity contribution >= 4 is 45.1 Å². The number of thioether (sulfide) groups is 1. The molecule has 0 spiro atoms. The summed E-state index contributed by atoms with van der Waals surface area (Å²) in [5.41, 5.74) is 3.34. The average molecular weight is 581 g/mol. The van der Waals surface area contributed by atoms with Crippen LogP contribution in [0.1, 0.15) is 49.0 Å². The van der Waals surface area contributed by atoms with Crippen molar-refractivity contribution in [2.75, 3.05) is 12.9 Å². The van der Waals surface area contributed by atoms with Gasteiger partial charge in [-0.25, -0.2) is 5.01 Å². The molecule has 11 heteroatoms. The van der Waals surface area contributed by atoms with Gasteiger partial charge < -0.3 is 4.74 Å². The zero-order valence-corrected chi connectivity index (χ0v) is 22.9. The molecule has 0 saturated carbocycles. The number of aromatic amines is 1. The maximum atomic E-state index is 13.5. The number of aromatic nitrogens is 4. The van der Waals surface area contributed by atoms with Gasteiger partial charge in [0.1, 0.15) is 5.75 Å². The first-order chi connectivity index (χ1) is 17.8. The van der Waals surface area contributed by atoms with Crippen LogP contribution in [0.2, 0.25) is 0 Å².